The van der Waals surface area contributed by atoms with E-state index in [4.69, 9.17) is 9.83 Å². The molecule has 0 unspecified atom stereocenters. The Morgan fingerprint density at radius 2 is 2.56 bits per heavy atom. The van der Waals surface area contributed by atoms with Gasteiger partial charge in [0.1, 0.15) is 0 Å². The first kappa shape index (κ1) is 5.88. The van der Waals surface area contributed by atoms with Crippen molar-refractivity contribution in [3.63, 3.8) is 0 Å². The Kier molecular flexibility index (Phi) is 1.53. The summed E-state index contributed by atoms with van der Waals surface area (Å²) in [6.45, 7) is 0. The van der Waals surface area contributed by atoms with Gasteiger partial charge in [0.15, 0.2) is 5.76 Å². The minimum Gasteiger partial charge on any atom is -0.479 e. The lowest BCUT2D eigenvalue weighted by Crippen LogP contribution is -1.97. The summed E-state index contributed by atoms with van der Waals surface area (Å²) in [6.07, 6.45) is 1.50. The molecule has 0 atom stereocenters. The number of hydrogen-bond donors (Lipinski definition) is 1. The summed E-state index contributed by atoms with van der Waals surface area (Å²) in [5.74, 6) is 0.512. The van der Waals surface area contributed by atoms with Gasteiger partial charge in [-0.25, -0.2) is 0 Å². The highest BCUT2D eigenvalue weighted by Gasteiger charge is 2.00. The Morgan fingerprint density at radius 3 is 3.00 bits per heavy atom. The average Bonchev–Trinajstić information content (AvgIpc) is 2.37. The predicted molar refractivity (Wildman–Crippen MR) is 32.5 cm³/mol. The molecule has 0 aliphatic carbocycles. The number of hydrogen-bond acceptors (Lipinski definition) is 3. The van der Waals surface area contributed by atoms with E-state index in [0.29, 0.717) is 5.76 Å². The summed E-state index contributed by atoms with van der Waals surface area (Å²) < 4.78 is 9.42. The van der Waals surface area contributed by atoms with Crippen LogP contribution in [0.2, 0.25) is 0 Å². The molecule has 0 aliphatic rings. The normalized spacial score (nSPS) is 9.00. The van der Waals surface area contributed by atoms with Gasteiger partial charge in [0.05, 0.1) is 13.4 Å². The SMILES string of the molecule is COC(=N)c1ccco1. The van der Waals surface area contributed by atoms with Crippen molar-refractivity contribution in [1.82, 2.24) is 0 Å². The van der Waals surface area contributed by atoms with Crippen molar-refractivity contribution in [3.8, 4) is 0 Å². The first-order valence-electron chi connectivity index (χ1n) is 2.51. The third-order valence-corrected chi connectivity index (χ3v) is 0.949. The van der Waals surface area contributed by atoms with E-state index >= 15 is 0 Å². The first-order chi connectivity index (χ1) is 4.34. The average molecular weight is 125 g/mol. The molecule has 0 amide bonds. The van der Waals surface area contributed by atoms with E-state index in [0.717, 1.165) is 0 Å². The maximum Gasteiger partial charge on any atom is 0.249 e. The third-order valence-electron chi connectivity index (χ3n) is 0.949. The highest BCUT2D eigenvalue weighted by atomic mass is 16.5. The van der Waals surface area contributed by atoms with Crippen LogP contribution in [0, 0.1) is 5.41 Å². The molecule has 0 fully saturated rings. The van der Waals surface area contributed by atoms with Crippen LogP contribution in [0.5, 0.6) is 0 Å². The van der Waals surface area contributed by atoms with Crippen LogP contribution >= 0.6 is 0 Å². The van der Waals surface area contributed by atoms with Crippen LogP contribution in [0.3, 0.4) is 0 Å². The lowest BCUT2D eigenvalue weighted by atomic mass is 10.4. The van der Waals surface area contributed by atoms with Crippen molar-refractivity contribution in [2.75, 3.05) is 7.11 Å². The molecule has 3 heteroatoms. The van der Waals surface area contributed by atoms with Gasteiger partial charge in [-0.15, -0.1) is 0 Å². The second-order valence-electron chi connectivity index (χ2n) is 1.51. The maximum atomic E-state index is 7.08. The van der Waals surface area contributed by atoms with Gasteiger partial charge in [-0.1, -0.05) is 0 Å². The molecule has 0 saturated carbocycles. The van der Waals surface area contributed by atoms with E-state index in [1.165, 1.54) is 13.4 Å². The number of methoxy groups -OCH3 is 1. The first-order valence-corrected chi connectivity index (χ1v) is 2.51. The lowest BCUT2D eigenvalue weighted by molar-refractivity contribution is 0.384. The standard InChI is InChI=1S/C6H7NO2/c1-8-6(7)5-3-2-4-9-5/h2-4,7H,1H3. The van der Waals surface area contributed by atoms with E-state index in [9.17, 15) is 0 Å². The molecular weight excluding hydrogens is 118 g/mol. The van der Waals surface area contributed by atoms with Crippen LogP contribution < -0.4 is 0 Å². The van der Waals surface area contributed by atoms with Crippen LogP contribution in [0.1, 0.15) is 5.76 Å². The Labute approximate surface area is 52.8 Å². The fraction of sp³-hybridized carbons (Fsp3) is 0.167. The van der Waals surface area contributed by atoms with Gasteiger partial charge in [0, 0.05) is 0 Å². The fourth-order valence-corrected chi connectivity index (χ4v) is 0.508. The van der Waals surface area contributed by atoms with E-state index in [1.807, 2.05) is 0 Å². The Bertz CT molecular complexity index is 191. The summed E-state index contributed by atoms with van der Waals surface area (Å²) in [4.78, 5) is 0. The van der Waals surface area contributed by atoms with Crippen LogP contribution in [-0.4, -0.2) is 13.0 Å². The molecule has 1 rings (SSSR count). The molecule has 1 aromatic heterocycles. The molecule has 0 saturated heterocycles. The van der Waals surface area contributed by atoms with Gasteiger partial charge < -0.3 is 9.15 Å². The molecular formula is C6H7NO2. The Morgan fingerprint density at radius 1 is 1.78 bits per heavy atom. The molecule has 0 aliphatic heterocycles. The number of furan rings is 1. The highest BCUT2D eigenvalue weighted by molar-refractivity contribution is 5.88. The molecule has 9 heavy (non-hydrogen) atoms. The van der Waals surface area contributed by atoms with Crippen molar-refractivity contribution >= 4 is 5.90 Å². The molecule has 1 aromatic rings. The van der Waals surface area contributed by atoms with Gasteiger partial charge in [0.25, 0.3) is 0 Å². The molecule has 1 N–H and O–H groups in total. The van der Waals surface area contributed by atoms with Crippen molar-refractivity contribution in [1.29, 1.82) is 5.41 Å². The van der Waals surface area contributed by atoms with Gasteiger partial charge in [-0.2, -0.15) is 0 Å². The van der Waals surface area contributed by atoms with Gasteiger partial charge >= 0.3 is 0 Å². The maximum absolute atomic E-state index is 7.08. The van der Waals surface area contributed by atoms with Crippen LogP contribution in [0.4, 0.5) is 0 Å². The molecule has 0 radical (unpaired) electrons. The minimum absolute atomic E-state index is 0.0556. The van der Waals surface area contributed by atoms with Gasteiger partial charge in [0.2, 0.25) is 5.90 Å². The minimum atomic E-state index is 0.0556. The molecule has 1 heterocycles. The van der Waals surface area contributed by atoms with E-state index in [1.54, 1.807) is 12.1 Å². The van der Waals surface area contributed by atoms with Crippen molar-refractivity contribution in [3.05, 3.63) is 24.2 Å². The van der Waals surface area contributed by atoms with E-state index < -0.39 is 0 Å². The number of nitrogens with one attached hydrogen (secondary N) is 1. The molecule has 3 nitrogen and oxygen atoms in total. The second kappa shape index (κ2) is 2.35. The monoisotopic (exact) mass is 125 g/mol. The third kappa shape index (κ3) is 1.10. The van der Waals surface area contributed by atoms with Crippen molar-refractivity contribution in [2.45, 2.75) is 0 Å². The summed E-state index contributed by atoms with van der Waals surface area (Å²) >= 11 is 0. The zero-order valence-corrected chi connectivity index (χ0v) is 5.05. The van der Waals surface area contributed by atoms with E-state index in [2.05, 4.69) is 4.74 Å². The van der Waals surface area contributed by atoms with E-state index in [-0.39, 0.29) is 5.90 Å². The molecule has 0 spiro atoms. The Balaban J connectivity index is 2.77. The van der Waals surface area contributed by atoms with Gasteiger partial charge in [-0.05, 0) is 12.1 Å². The zero-order valence-electron chi connectivity index (χ0n) is 5.05. The topological polar surface area (TPSA) is 46.2 Å². The molecule has 48 valence electrons. The summed E-state index contributed by atoms with van der Waals surface area (Å²) in [5.41, 5.74) is 0. The number of rotatable bonds is 1. The summed E-state index contributed by atoms with van der Waals surface area (Å²) in [7, 11) is 1.44. The fourth-order valence-electron chi connectivity index (χ4n) is 0.508. The quantitative estimate of drug-likeness (QED) is 0.453. The Hall–Kier alpha value is -1.25. The van der Waals surface area contributed by atoms with Crippen LogP contribution in [-0.2, 0) is 4.74 Å². The smallest absolute Gasteiger partial charge is 0.249 e. The van der Waals surface area contributed by atoms with Crippen molar-refractivity contribution in [2.24, 2.45) is 0 Å². The van der Waals surface area contributed by atoms with Crippen molar-refractivity contribution < 1.29 is 9.15 Å². The highest BCUT2D eigenvalue weighted by Crippen LogP contribution is 2.00. The lowest BCUT2D eigenvalue weighted by Gasteiger charge is -1.93. The van der Waals surface area contributed by atoms with Crippen LogP contribution in [0.25, 0.3) is 0 Å². The largest absolute Gasteiger partial charge is 0.479 e. The summed E-state index contributed by atoms with van der Waals surface area (Å²) in [6, 6.07) is 3.38. The zero-order chi connectivity index (χ0) is 6.69. The predicted octanol–water partition coefficient (Wildman–Crippen LogP) is 1.25. The number of ether oxygens (including phenoxy) is 1. The second-order valence-corrected chi connectivity index (χ2v) is 1.51. The van der Waals surface area contributed by atoms with Gasteiger partial charge in [-0.3, -0.25) is 5.41 Å². The molecule has 0 bridgehead atoms. The molecule has 0 aromatic carbocycles. The van der Waals surface area contributed by atoms with Crippen LogP contribution in [0.15, 0.2) is 22.8 Å². The summed E-state index contributed by atoms with van der Waals surface area (Å²) in [5, 5.41) is 7.08.